The van der Waals surface area contributed by atoms with E-state index in [0.29, 0.717) is 6.54 Å². The lowest BCUT2D eigenvalue weighted by Gasteiger charge is -2.53. The van der Waals surface area contributed by atoms with Crippen molar-refractivity contribution in [2.45, 2.75) is 38.0 Å². The summed E-state index contributed by atoms with van der Waals surface area (Å²) < 4.78 is 5.38. The van der Waals surface area contributed by atoms with Gasteiger partial charge in [0, 0.05) is 6.54 Å². The second-order valence-electron chi connectivity index (χ2n) is 7.80. The Morgan fingerprint density at radius 1 is 1.10 bits per heavy atom. The van der Waals surface area contributed by atoms with Crippen LogP contribution in [-0.4, -0.2) is 40.5 Å². The Bertz CT molecular complexity index is 884. The second-order valence-corrected chi connectivity index (χ2v) is 7.80. The molecule has 0 saturated carbocycles. The van der Waals surface area contributed by atoms with Gasteiger partial charge < -0.3 is 9.64 Å². The van der Waals surface area contributed by atoms with Crippen LogP contribution < -0.4 is 0 Å². The molecule has 2 aromatic rings. The SMILES string of the molecule is C=CCC(C)C1C(N2C(=O)OCC2c2ccccc2)C(=O)N1Cc1ccccc1. The molecule has 5 heteroatoms. The number of nitrogens with zero attached hydrogens (tertiary/aromatic N) is 2. The summed E-state index contributed by atoms with van der Waals surface area (Å²) in [7, 11) is 0. The van der Waals surface area contributed by atoms with Crippen LogP contribution in [0.5, 0.6) is 0 Å². The average Bonchev–Trinajstić information content (AvgIpc) is 3.12. The van der Waals surface area contributed by atoms with Crippen molar-refractivity contribution in [3.05, 3.63) is 84.4 Å². The van der Waals surface area contributed by atoms with Crippen molar-refractivity contribution in [3.8, 4) is 0 Å². The van der Waals surface area contributed by atoms with Gasteiger partial charge in [0.1, 0.15) is 12.6 Å². The molecule has 0 aliphatic carbocycles. The van der Waals surface area contributed by atoms with Gasteiger partial charge in [0.25, 0.3) is 0 Å². The van der Waals surface area contributed by atoms with E-state index in [1.54, 1.807) is 4.90 Å². The first-order valence-electron chi connectivity index (χ1n) is 10.1. The Hall–Kier alpha value is -3.08. The molecule has 2 amide bonds. The number of carbonyl (C=O) groups is 2. The Balaban J connectivity index is 1.63. The third-order valence-corrected chi connectivity index (χ3v) is 5.93. The Morgan fingerprint density at radius 2 is 1.76 bits per heavy atom. The molecule has 2 aliphatic heterocycles. The third-order valence-electron chi connectivity index (χ3n) is 5.93. The molecule has 0 N–H and O–H groups in total. The van der Waals surface area contributed by atoms with Crippen LogP contribution in [0.1, 0.15) is 30.5 Å². The fraction of sp³-hybridized carbons (Fsp3) is 0.333. The van der Waals surface area contributed by atoms with E-state index in [4.69, 9.17) is 4.74 Å². The number of allylic oxidation sites excluding steroid dienone is 1. The van der Waals surface area contributed by atoms with Crippen LogP contribution in [0.3, 0.4) is 0 Å². The molecule has 2 aliphatic rings. The molecule has 0 bridgehead atoms. The molecule has 2 fully saturated rings. The first-order chi connectivity index (χ1) is 14.1. The van der Waals surface area contributed by atoms with E-state index in [2.05, 4.69) is 13.5 Å². The number of ether oxygens (including phenoxy) is 1. The number of benzene rings is 2. The maximum atomic E-state index is 13.2. The molecule has 2 heterocycles. The van der Waals surface area contributed by atoms with E-state index >= 15 is 0 Å². The molecule has 4 rings (SSSR count). The normalized spacial score (nSPS) is 24.8. The predicted molar refractivity (Wildman–Crippen MR) is 111 cm³/mol. The monoisotopic (exact) mass is 390 g/mol. The molecular formula is C24H26N2O3. The van der Waals surface area contributed by atoms with Crippen molar-refractivity contribution in [2.75, 3.05) is 6.61 Å². The lowest BCUT2D eigenvalue weighted by Crippen LogP contribution is -2.72. The van der Waals surface area contributed by atoms with E-state index in [1.165, 1.54) is 0 Å². The van der Waals surface area contributed by atoms with Gasteiger partial charge in [0.2, 0.25) is 5.91 Å². The fourth-order valence-corrected chi connectivity index (χ4v) is 4.49. The summed E-state index contributed by atoms with van der Waals surface area (Å²) in [5.41, 5.74) is 2.07. The Kier molecular flexibility index (Phi) is 5.38. The maximum Gasteiger partial charge on any atom is 0.411 e. The number of likely N-dealkylation sites (tertiary alicyclic amines) is 1. The minimum absolute atomic E-state index is 0.0189. The number of cyclic esters (lactones) is 1. The van der Waals surface area contributed by atoms with Crippen LogP contribution in [0.4, 0.5) is 4.79 Å². The number of hydrogen-bond acceptors (Lipinski definition) is 3. The van der Waals surface area contributed by atoms with Crippen LogP contribution in [0.25, 0.3) is 0 Å². The molecule has 0 aromatic heterocycles. The summed E-state index contributed by atoms with van der Waals surface area (Å²) in [5.74, 6) is 0.165. The van der Waals surface area contributed by atoms with Gasteiger partial charge >= 0.3 is 6.09 Å². The van der Waals surface area contributed by atoms with Gasteiger partial charge in [-0.15, -0.1) is 6.58 Å². The number of hydrogen-bond donors (Lipinski definition) is 0. The van der Waals surface area contributed by atoms with Gasteiger partial charge in [-0.05, 0) is 23.5 Å². The van der Waals surface area contributed by atoms with E-state index < -0.39 is 12.1 Å². The van der Waals surface area contributed by atoms with Crippen molar-refractivity contribution < 1.29 is 14.3 Å². The van der Waals surface area contributed by atoms with Gasteiger partial charge in [-0.2, -0.15) is 0 Å². The second kappa shape index (κ2) is 8.11. The zero-order valence-corrected chi connectivity index (χ0v) is 16.6. The van der Waals surface area contributed by atoms with Gasteiger partial charge in [0.05, 0.1) is 12.1 Å². The zero-order chi connectivity index (χ0) is 20.4. The quantitative estimate of drug-likeness (QED) is 0.527. The number of carbonyl (C=O) groups excluding carboxylic acids is 2. The molecule has 29 heavy (non-hydrogen) atoms. The molecule has 0 radical (unpaired) electrons. The van der Waals surface area contributed by atoms with Gasteiger partial charge in [-0.1, -0.05) is 73.7 Å². The summed E-state index contributed by atoms with van der Waals surface area (Å²) in [6, 6.07) is 18.9. The molecule has 150 valence electrons. The van der Waals surface area contributed by atoms with Crippen LogP contribution in [0.15, 0.2) is 73.3 Å². The highest BCUT2D eigenvalue weighted by Gasteiger charge is 2.57. The van der Waals surface area contributed by atoms with E-state index in [-0.39, 0.29) is 30.5 Å². The Morgan fingerprint density at radius 3 is 2.41 bits per heavy atom. The van der Waals surface area contributed by atoms with Crippen LogP contribution >= 0.6 is 0 Å². The lowest BCUT2D eigenvalue weighted by atomic mass is 9.81. The molecule has 2 aromatic carbocycles. The first-order valence-corrected chi connectivity index (χ1v) is 10.1. The highest BCUT2D eigenvalue weighted by atomic mass is 16.6. The van der Waals surface area contributed by atoms with E-state index in [1.807, 2.05) is 71.6 Å². The van der Waals surface area contributed by atoms with Crippen LogP contribution in [0, 0.1) is 5.92 Å². The standard InChI is InChI=1S/C24H26N2O3/c1-3-10-17(2)21-22(23(27)25(21)15-18-11-6-4-7-12-18)26-20(16-29-24(26)28)19-13-8-5-9-14-19/h3-9,11-14,17,20-22H,1,10,15-16H2,2H3. The third kappa shape index (κ3) is 3.53. The summed E-state index contributed by atoms with van der Waals surface area (Å²) in [6.07, 6.45) is 2.24. The van der Waals surface area contributed by atoms with E-state index in [0.717, 1.165) is 17.5 Å². The summed E-state index contributed by atoms with van der Waals surface area (Å²) >= 11 is 0. The molecule has 2 saturated heterocycles. The predicted octanol–water partition coefficient (Wildman–Crippen LogP) is 4.17. The van der Waals surface area contributed by atoms with Crippen LogP contribution in [0.2, 0.25) is 0 Å². The molecule has 5 nitrogen and oxygen atoms in total. The van der Waals surface area contributed by atoms with Gasteiger partial charge in [0.15, 0.2) is 0 Å². The first kappa shape index (κ1) is 19.2. The summed E-state index contributed by atoms with van der Waals surface area (Å²) in [4.78, 5) is 29.4. The highest BCUT2D eigenvalue weighted by molar-refractivity contribution is 5.93. The zero-order valence-electron chi connectivity index (χ0n) is 16.6. The number of rotatable bonds is 7. The number of β-lactam (4-membered cyclic amide) rings is 1. The van der Waals surface area contributed by atoms with Crippen molar-refractivity contribution in [3.63, 3.8) is 0 Å². The molecule has 4 unspecified atom stereocenters. The van der Waals surface area contributed by atoms with Crippen molar-refractivity contribution in [1.29, 1.82) is 0 Å². The minimum Gasteiger partial charge on any atom is -0.447 e. The largest absolute Gasteiger partial charge is 0.447 e. The molecule has 4 atom stereocenters. The van der Waals surface area contributed by atoms with Crippen molar-refractivity contribution >= 4 is 12.0 Å². The maximum absolute atomic E-state index is 13.2. The highest BCUT2D eigenvalue weighted by Crippen LogP contribution is 2.40. The molecular weight excluding hydrogens is 364 g/mol. The van der Waals surface area contributed by atoms with Crippen molar-refractivity contribution in [2.24, 2.45) is 5.92 Å². The van der Waals surface area contributed by atoms with Crippen molar-refractivity contribution in [1.82, 2.24) is 9.80 Å². The van der Waals surface area contributed by atoms with E-state index in [9.17, 15) is 9.59 Å². The average molecular weight is 390 g/mol. The van der Waals surface area contributed by atoms with Gasteiger partial charge in [-0.25, -0.2) is 4.79 Å². The smallest absolute Gasteiger partial charge is 0.411 e. The number of amides is 2. The summed E-state index contributed by atoms with van der Waals surface area (Å²) in [5, 5.41) is 0. The topological polar surface area (TPSA) is 49.9 Å². The fourth-order valence-electron chi connectivity index (χ4n) is 4.49. The molecule has 0 spiro atoms. The summed E-state index contributed by atoms with van der Waals surface area (Å²) in [6.45, 7) is 6.79. The van der Waals surface area contributed by atoms with Gasteiger partial charge in [-0.3, -0.25) is 9.69 Å². The minimum atomic E-state index is -0.506. The lowest BCUT2D eigenvalue weighted by molar-refractivity contribution is -0.163. The van der Waals surface area contributed by atoms with Crippen LogP contribution in [-0.2, 0) is 16.1 Å². The Labute approximate surface area is 171 Å².